The molecule has 1 amide bonds. The number of piperidine rings is 1. The minimum atomic E-state index is -0.0395. The van der Waals surface area contributed by atoms with Gasteiger partial charge in [0.25, 0.3) is 0 Å². The topological polar surface area (TPSA) is 54.0 Å². The van der Waals surface area contributed by atoms with Gasteiger partial charge in [-0.1, -0.05) is 30.7 Å². The van der Waals surface area contributed by atoms with E-state index in [1.54, 1.807) is 12.4 Å². The second-order valence-electron chi connectivity index (χ2n) is 6.09. The fourth-order valence-corrected chi connectivity index (χ4v) is 2.98. The Hall–Kier alpha value is -2.20. The Labute approximate surface area is 137 Å². The smallest absolute Gasteiger partial charge is 0.237 e. The zero-order valence-electron chi connectivity index (χ0n) is 13.5. The van der Waals surface area contributed by atoms with Gasteiger partial charge >= 0.3 is 0 Å². The van der Waals surface area contributed by atoms with Crippen molar-refractivity contribution in [2.24, 2.45) is 0 Å². The molecule has 0 saturated carbocycles. The molecule has 2 N–H and O–H groups in total. The summed E-state index contributed by atoms with van der Waals surface area (Å²) >= 11 is 0. The average molecular weight is 309 g/mol. The van der Waals surface area contributed by atoms with Crippen molar-refractivity contribution in [3.05, 3.63) is 54.4 Å². The first-order valence-electron chi connectivity index (χ1n) is 8.28. The molecule has 1 fully saturated rings. The Morgan fingerprint density at radius 2 is 1.83 bits per heavy atom. The molecule has 23 heavy (non-hydrogen) atoms. The first-order chi connectivity index (χ1) is 11.2. The summed E-state index contributed by atoms with van der Waals surface area (Å²) in [6.45, 7) is 2.97. The molecule has 3 rings (SSSR count). The van der Waals surface area contributed by atoms with E-state index in [4.69, 9.17) is 0 Å². The van der Waals surface area contributed by atoms with E-state index in [9.17, 15) is 4.79 Å². The molecule has 4 heteroatoms. The van der Waals surface area contributed by atoms with Crippen molar-refractivity contribution in [2.75, 3.05) is 6.54 Å². The van der Waals surface area contributed by atoms with Gasteiger partial charge in [-0.05, 0) is 55.1 Å². The molecule has 1 aromatic heterocycles. The third kappa shape index (κ3) is 3.96. The van der Waals surface area contributed by atoms with Crippen molar-refractivity contribution in [2.45, 2.75) is 38.3 Å². The number of pyridine rings is 1. The number of hydrogen-bond acceptors (Lipinski definition) is 3. The van der Waals surface area contributed by atoms with Crippen LogP contribution in [0.25, 0.3) is 11.1 Å². The Balaban J connectivity index is 1.63. The number of aromatic nitrogens is 1. The van der Waals surface area contributed by atoms with Crippen LogP contribution in [0, 0.1) is 0 Å². The van der Waals surface area contributed by atoms with Crippen molar-refractivity contribution in [3.63, 3.8) is 0 Å². The van der Waals surface area contributed by atoms with Gasteiger partial charge in [-0.2, -0.15) is 0 Å². The van der Waals surface area contributed by atoms with E-state index in [0.29, 0.717) is 0 Å². The molecule has 1 aliphatic heterocycles. The van der Waals surface area contributed by atoms with E-state index in [-0.39, 0.29) is 18.0 Å². The molecule has 4 nitrogen and oxygen atoms in total. The number of rotatable bonds is 4. The summed E-state index contributed by atoms with van der Waals surface area (Å²) in [7, 11) is 0. The first-order valence-corrected chi connectivity index (χ1v) is 8.28. The quantitative estimate of drug-likeness (QED) is 0.912. The Morgan fingerprint density at radius 3 is 2.48 bits per heavy atom. The van der Waals surface area contributed by atoms with Crippen molar-refractivity contribution >= 4 is 5.91 Å². The molecule has 120 valence electrons. The fraction of sp³-hybridized carbons (Fsp3) is 0.368. The van der Waals surface area contributed by atoms with Crippen LogP contribution in [0.5, 0.6) is 0 Å². The summed E-state index contributed by atoms with van der Waals surface area (Å²) in [5, 5.41) is 6.40. The molecule has 1 aromatic carbocycles. The van der Waals surface area contributed by atoms with E-state index in [2.05, 4.69) is 39.9 Å². The van der Waals surface area contributed by atoms with Crippen LogP contribution >= 0.6 is 0 Å². The van der Waals surface area contributed by atoms with Gasteiger partial charge in [-0.15, -0.1) is 0 Å². The van der Waals surface area contributed by atoms with Gasteiger partial charge in [-0.25, -0.2) is 0 Å². The number of nitrogens with zero attached hydrogens (tertiary/aromatic N) is 1. The number of amides is 1. The van der Waals surface area contributed by atoms with Crippen LogP contribution in [0.15, 0.2) is 48.8 Å². The van der Waals surface area contributed by atoms with Crippen molar-refractivity contribution in [1.82, 2.24) is 15.6 Å². The number of benzene rings is 1. The van der Waals surface area contributed by atoms with Crippen LogP contribution in [0.1, 0.15) is 37.8 Å². The van der Waals surface area contributed by atoms with Crippen molar-refractivity contribution in [1.29, 1.82) is 0 Å². The lowest BCUT2D eigenvalue weighted by Crippen LogP contribution is -2.47. The average Bonchev–Trinajstić information content (AvgIpc) is 2.63. The molecule has 0 aliphatic carbocycles. The standard InChI is InChI=1S/C19H23N3O/c1-14(22-19(23)18-4-2-3-11-21-18)15-5-7-16(8-6-15)17-9-12-20-13-10-17/h5-10,12-14,18,21H,2-4,11H2,1H3,(H,22,23)/t14?,18-/m1/s1. The third-order valence-corrected chi connectivity index (χ3v) is 4.41. The Morgan fingerprint density at radius 1 is 1.13 bits per heavy atom. The highest BCUT2D eigenvalue weighted by molar-refractivity contribution is 5.82. The highest BCUT2D eigenvalue weighted by Crippen LogP contribution is 2.21. The van der Waals surface area contributed by atoms with E-state index >= 15 is 0 Å². The van der Waals surface area contributed by atoms with Crippen LogP contribution < -0.4 is 10.6 Å². The van der Waals surface area contributed by atoms with Crippen molar-refractivity contribution < 1.29 is 4.79 Å². The molecule has 2 atom stereocenters. The summed E-state index contributed by atoms with van der Waals surface area (Å²) in [6, 6.07) is 12.3. The third-order valence-electron chi connectivity index (χ3n) is 4.41. The fourth-order valence-electron chi connectivity index (χ4n) is 2.98. The van der Waals surface area contributed by atoms with Gasteiger partial charge in [0.05, 0.1) is 12.1 Å². The maximum Gasteiger partial charge on any atom is 0.237 e. The minimum Gasteiger partial charge on any atom is -0.348 e. The summed E-state index contributed by atoms with van der Waals surface area (Å²) in [5.41, 5.74) is 3.42. The largest absolute Gasteiger partial charge is 0.348 e. The second-order valence-corrected chi connectivity index (χ2v) is 6.09. The number of nitrogens with one attached hydrogen (secondary N) is 2. The van der Waals surface area contributed by atoms with Crippen LogP contribution in [-0.4, -0.2) is 23.5 Å². The van der Waals surface area contributed by atoms with Crippen molar-refractivity contribution in [3.8, 4) is 11.1 Å². The lowest BCUT2D eigenvalue weighted by Gasteiger charge is -2.24. The SMILES string of the molecule is CC(NC(=O)[C@H]1CCCCN1)c1ccc(-c2ccncc2)cc1. The summed E-state index contributed by atoms with van der Waals surface area (Å²) in [6.07, 6.45) is 6.81. The zero-order chi connectivity index (χ0) is 16.1. The monoisotopic (exact) mass is 309 g/mol. The molecule has 2 aromatic rings. The molecule has 0 bridgehead atoms. The first kappa shape index (κ1) is 15.7. The van der Waals surface area contributed by atoms with Gasteiger partial charge in [0.2, 0.25) is 5.91 Å². The summed E-state index contributed by atoms with van der Waals surface area (Å²) < 4.78 is 0. The Bertz CT molecular complexity index is 633. The molecule has 0 radical (unpaired) electrons. The molecular weight excluding hydrogens is 286 g/mol. The molecule has 1 saturated heterocycles. The molecule has 0 spiro atoms. The lowest BCUT2D eigenvalue weighted by molar-refractivity contribution is -0.124. The van der Waals surface area contributed by atoms with Crippen LogP contribution in [0.4, 0.5) is 0 Å². The number of carbonyl (C=O) groups excluding carboxylic acids is 1. The maximum absolute atomic E-state index is 12.3. The lowest BCUT2D eigenvalue weighted by atomic mass is 10.0. The second kappa shape index (κ2) is 7.38. The summed E-state index contributed by atoms with van der Waals surface area (Å²) in [4.78, 5) is 16.3. The minimum absolute atomic E-state index is 0.0118. The highest BCUT2D eigenvalue weighted by Gasteiger charge is 2.21. The van der Waals surface area contributed by atoms with E-state index < -0.39 is 0 Å². The number of carbonyl (C=O) groups is 1. The van der Waals surface area contributed by atoms with Gasteiger partial charge in [0.15, 0.2) is 0 Å². The van der Waals surface area contributed by atoms with Gasteiger partial charge in [0.1, 0.15) is 0 Å². The van der Waals surface area contributed by atoms with Crippen LogP contribution in [-0.2, 0) is 4.79 Å². The van der Waals surface area contributed by atoms with E-state index in [1.807, 2.05) is 19.1 Å². The normalized spacial score (nSPS) is 19.1. The maximum atomic E-state index is 12.3. The van der Waals surface area contributed by atoms with E-state index in [1.165, 1.54) is 0 Å². The van der Waals surface area contributed by atoms with Crippen LogP contribution in [0.2, 0.25) is 0 Å². The van der Waals surface area contributed by atoms with Gasteiger partial charge in [0, 0.05) is 12.4 Å². The molecule has 2 heterocycles. The molecular formula is C19H23N3O. The van der Waals surface area contributed by atoms with Crippen LogP contribution in [0.3, 0.4) is 0 Å². The van der Waals surface area contributed by atoms with Gasteiger partial charge < -0.3 is 10.6 Å². The zero-order valence-corrected chi connectivity index (χ0v) is 13.5. The van der Waals surface area contributed by atoms with Gasteiger partial charge in [-0.3, -0.25) is 9.78 Å². The predicted octanol–water partition coefficient (Wildman–Crippen LogP) is 3.07. The predicted molar refractivity (Wildman–Crippen MR) is 91.9 cm³/mol. The summed E-state index contributed by atoms with van der Waals surface area (Å²) in [5.74, 6) is 0.107. The Kier molecular flexibility index (Phi) is 5.03. The molecule has 1 aliphatic rings. The molecule has 1 unspecified atom stereocenters. The highest BCUT2D eigenvalue weighted by atomic mass is 16.2. The van der Waals surface area contributed by atoms with E-state index in [0.717, 1.165) is 42.5 Å². The number of hydrogen-bond donors (Lipinski definition) is 2.